The smallest absolute Gasteiger partial charge is 0.251 e. The van der Waals surface area contributed by atoms with Gasteiger partial charge in [0.25, 0.3) is 5.91 Å². The Balaban J connectivity index is 1.40. The zero-order valence-electron chi connectivity index (χ0n) is 23.9. The molecule has 0 aliphatic carbocycles. The Labute approximate surface area is 241 Å². The van der Waals surface area contributed by atoms with Crippen LogP contribution in [0.4, 0.5) is 5.69 Å². The first-order chi connectivity index (χ1) is 20.0. The summed E-state index contributed by atoms with van der Waals surface area (Å²) in [6.45, 7) is 5.02. The summed E-state index contributed by atoms with van der Waals surface area (Å²) < 4.78 is 16.4. The number of ether oxygens (including phenoxy) is 3. The third-order valence-corrected chi connectivity index (χ3v) is 7.56. The summed E-state index contributed by atoms with van der Waals surface area (Å²) in [5.74, 6) is 1.57. The van der Waals surface area contributed by atoms with Crippen molar-refractivity contribution in [3.63, 3.8) is 0 Å². The first-order valence-corrected chi connectivity index (χ1v) is 14.3. The fourth-order valence-electron chi connectivity index (χ4n) is 5.48. The van der Waals surface area contributed by atoms with Gasteiger partial charge in [0, 0.05) is 56.7 Å². The minimum absolute atomic E-state index is 0.0103. The normalized spacial score (nSPS) is 15.8. The van der Waals surface area contributed by atoms with Gasteiger partial charge in [-0.1, -0.05) is 25.3 Å². The average Bonchev–Trinajstić information content (AvgIpc) is 3.45. The minimum Gasteiger partial charge on any atom is -0.493 e. The molecule has 216 valence electrons. The largest absolute Gasteiger partial charge is 0.493 e. The molecule has 3 aromatic rings. The van der Waals surface area contributed by atoms with E-state index in [4.69, 9.17) is 14.2 Å². The van der Waals surface area contributed by atoms with Crippen molar-refractivity contribution in [2.45, 2.75) is 58.7 Å². The Kier molecular flexibility index (Phi) is 9.36. The lowest BCUT2D eigenvalue weighted by Gasteiger charge is -2.29. The summed E-state index contributed by atoms with van der Waals surface area (Å²) >= 11 is 0. The third kappa shape index (κ3) is 7.16. The molecule has 0 radical (unpaired) electrons. The number of pyridine rings is 1. The summed E-state index contributed by atoms with van der Waals surface area (Å²) in [5.41, 5.74) is 4.36. The van der Waals surface area contributed by atoms with Crippen LogP contribution in [0.2, 0.25) is 0 Å². The van der Waals surface area contributed by atoms with Crippen molar-refractivity contribution in [2.24, 2.45) is 0 Å². The van der Waals surface area contributed by atoms with Gasteiger partial charge in [-0.25, -0.2) is 0 Å². The highest BCUT2D eigenvalue weighted by atomic mass is 16.7. The molecular weight excluding hydrogens is 520 g/mol. The number of amides is 2. The van der Waals surface area contributed by atoms with E-state index < -0.39 is 0 Å². The summed E-state index contributed by atoms with van der Waals surface area (Å²) in [6, 6.07) is 13.4. The molecule has 0 saturated heterocycles. The molecule has 0 spiro atoms. The lowest BCUT2D eigenvalue weighted by Crippen LogP contribution is -2.33. The minimum atomic E-state index is -0.191. The maximum Gasteiger partial charge on any atom is 0.251 e. The van der Waals surface area contributed by atoms with Gasteiger partial charge >= 0.3 is 0 Å². The SMILES string of the molecule is COc1cc(CNC(=O)c2ccc3c(c2)CN(Cc2cccnc2)CCCCCCCN3C(C)=O)cc2c1OCO2. The average molecular weight is 559 g/mol. The van der Waals surface area contributed by atoms with E-state index in [9.17, 15) is 9.59 Å². The molecule has 0 bridgehead atoms. The molecular formula is C32H38N4O5. The van der Waals surface area contributed by atoms with Gasteiger partial charge in [-0.2, -0.15) is 0 Å². The standard InChI is InChI=1S/C32H38N4O5/c1-23(37)36-14-7-5-3-4-6-13-35(20-24-9-8-12-33-18-24)21-27-17-26(10-11-28(27)36)32(38)34-19-25-15-29(39-2)31-30(16-25)40-22-41-31/h8-12,15-18H,3-7,13-14,19-22H2,1-2H3,(H,34,38). The third-order valence-electron chi connectivity index (χ3n) is 7.56. The second kappa shape index (κ2) is 13.5. The predicted octanol–water partition coefficient (Wildman–Crippen LogP) is 5.07. The predicted molar refractivity (Wildman–Crippen MR) is 156 cm³/mol. The summed E-state index contributed by atoms with van der Waals surface area (Å²) in [7, 11) is 1.58. The fraction of sp³-hybridized carbons (Fsp3) is 0.406. The molecule has 0 unspecified atom stereocenters. The lowest BCUT2D eigenvalue weighted by molar-refractivity contribution is -0.116. The molecule has 2 aliphatic heterocycles. The Bertz CT molecular complexity index is 1360. The van der Waals surface area contributed by atoms with Crippen LogP contribution in [0.5, 0.6) is 17.2 Å². The highest BCUT2D eigenvalue weighted by Crippen LogP contribution is 2.41. The quantitative estimate of drug-likeness (QED) is 0.452. The Morgan fingerprint density at radius 2 is 1.83 bits per heavy atom. The maximum atomic E-state index is 13.4. The van der Waals surface area contributed by atoms with Crippen LogP contribution in [-0.4, -0.2) is 48.7 Å². The van der Waals surface area contributed by atoms with Crippen LogP contribution in [0.25, 0.3) is 0 Å². The van der Waals surface area contributed by atoms with Gasteiger partial charge in [0.2, 0.25) is 18.4 Å². The Morgan fingerprint density at radius 3 is 2.61 bits per heavy atom. The van der Waals surface area contributed by atoms with Crippen molar-refractivity contribution < 1.29 is 23.8 Å². The molecule has 5 rings (SSSR count). The van der Waals surface area contributed by atoms with E-state index in [1.807, 2.05) is 47.5 Å². The number of carbonyl (C=O) groups is 2. The van der Waals surface area contributed by atoms with Gasteiger partial charge in [-0.3, -0.25) is 19.5 Å². The topological polar surface area (TPSA) is 93.2 Å². The number of carbonyl (C=O) groups excluding carboxylic acids is 2. The maximum absolute atomic E-state index is 13.4. The van der Waals surface area contributed by atoms with E-state index in [-0.39, 0.29) is 18.6 Å². The van der Waals surface area contributed by atoms with E-state index in [1.165, 1.54) is 0 Å². The number of hydrogen-bond donors (Lipinski definition) is 1. The van der Waals surface area contributed by atoms with Crippen molar-refractivity contribution >= 4 is 17.5 Å². The van der Waals surface area contributed by atoms with E-state index in [2.05, 4.69) is 21.3 Å². The molecule has 2 aromatic carbocycles. The number of aromatic nitrogens is 1. The van der Waals surface area contributed by atoms with E-state index in [0.29, 0.717) is 42.4 Å². The van der Waals surface area contributed by atoms with E-state index in [0.717, 1.165) is 67.6 Å². The van der Waals surface area contributed by atoms with Crippen molar-refractivity contribution in [1.29, 1.82) is 0 Å². The summed E-state index contributed by atoms with van der Waals surface area (Å²) in [6.07, 6.45) is 9.15. The van der Waals surface area contributed by atoms with Crippen LogP contribution in [-0.2, 0) is 24.4 Å². The van der Waals surface area contributed by atoms with E-state index in [1.54, 1.807) is 20.2 Å². The van der Waals surface area contributed by atoms with Crippen molar-refractivity contribution in [3.05, 3.63) is 77.1 Å². The molecule has 0 saturated carbocycles. The van der Waals surface area contributed by atoms with Crippen molar-refractivity contribution in [2.75, 3.05) is 31.9 Å². The monoisotopic (exact) mass is 558 g/mol. The molecule has 2 amide bonds. The Morgan fingerprint density at radius 1 is 1.00 bits per heavy atom. The zero-order valence-corrected chi connectivity index (χ0v) is 23.9. The molecule has 41 heavy (non-hydrogen) atoms. The molecule has 9 heteroatoms. The van der Waals surface area contributed by atoms with Crippen LogP contribution in [0, 0.1) is 0 Å². The number of nitrogens with zero attached hydrogens (tertiary/aromatic N) is 3. The van der Waals surface area contributed by atoms with Gasteiger partial charge < -0.3 is 24.4 Å². The number of benzene rings is 2. The highest BCUT2D eigenvalue weighted by Gasteiger charge is 2.22. The molecule has 2 aliphatic rings. The van der Waals surface area contributed by atoms with Gasteiger partial charge in [0.15, 0.2) is 11.5 Å². The van der Waals surface area contributed by atoms with Crippen LogP contribution in [0.3, 0.4) is 0 Å². The second-order valence-corrected chi connectivity index (χ2v) is 10.6. The van der Waals surface area contributed by atoms with Crippen molar-refractivity contribution in [3.8, 4) is 17.2 Å². The molecule has 1 aromatic heterocycles. The number of methoxy groups -OCH3 is 1. The second-order valence-electron chi connectivity index (χ2n) is 10.6. The molecule has 0 fully saturated rings. The first kappa shape index (κ1) is 28.4. The van der Waals surface area contributed by atoms with Crippen LogP contribution >= 0.6 is 0 Å². The molecule has 0 atom stereocenters. The number of nitrogens with one attached hydrogen (secondary N) is 1. The number of hydrogen-bond acceptors (Lipinski definition) is 7. The number of rotatable bonds is 6. The van der Waals surface area contributed by atoms with Gasteiger partial charge in [-0.05, 0) is 72.5 Å². The number of anilines is 1. The van der Waals surface area contributed by atoms with Crippen LogP contribution in [0.15, 0.2) is 54.9 Å². The van der Waals surface area contributed by atoms with Crippen LogP contribution < -0.4 is 24.4 Å². The fourth-order valence-corrected chi connectivity index (χ4v) is 5.48. The van der Waals surface area contributed by atoms with Crippen LogP contribution in [0.1, 0.15) is 66.1 Å². The Hall–Kier alpha value is -4.11. The van der Waals surface area contributed by atoms with Gasteiger partial charge in [-0.15, -0.1) is 0 Å². The number of fused-ring (bicyclic) bond motifs is 2. The van der Waals surface area contributed by atoms with Crippen molar-refractivity contribution in [1.82, 2.24) is 15.2 Å². The molecule has 9 nitrogen and oxygen atoms in total. The van der Waals surface area contributed by atoms with E-state index >= 15 is 0 Å². The van der Waals surface area contributed by atoms with Gasteiger partial charge in [0.05, 0.1) is 7.11 Å². The molecule has 3 heterocycles. The summed E-state index contributed by atoms with van der Waals surface area (Å²) in [4.78, 5) is 34.7. The lowest BCUT2D eigenvalue weighted by atomic mass is 10.0. The highest BCUT2D eigenvalue weighted by molar-refractivity contribution is 5.97. The first-order valence-electron chi connectivity index (χ1n) is 14.3. The zero-order chi connectivity index (χ0) is 28.6. The van der Waals surface area contributed by atoms with Gasteiger partial charge in [0.1, 0.15) is 0 Å². The summed E-state index contributed by atoms with van der Waals surface area (Å²) in [5, 5.41) is 3.02. The molecule has 1 N–H and O–H groups in total.